The smallest absolute Gasteiger partial charge is 0.278 e. The molecule has 2 N–H and O–H groups in total. The zero-order valence-corrected chi connectivity index (χ0v) is 16.8. The minimum Gasteiger partial charge on any atom is -0.469 e. The van der Waals surface area contributed by atoms with E-state index in [0.717, 1.165) is 28.1 Å². The maximum Gasteiger partial charge on any atom is 0.278 e. The number of fused-ring (bicyclic) bond motifs is 1. The molecule has 6 nitrogen and oxygen atoms in total. The number of nitrogens with zero attached hydrogens (tertiary/aromatic N) is 2. The van der Waals surface area contributed by atoms with E-state index in [-0.39, 0.29) is 12.2 Å². The Morgan fingerprint density at radius 3 is 2.45 bits per heavy atom. The minimum atomic E-state index is -0.150. The highest BCUT2D eigenvalue weighted by Gasteiger charge is 2.21. The van der Waals surface area contributed by atoms with Gasteiger partial charge in [0.25, 0.3) is 5.56 Å². The summed E-state index contributed by atoms with van der Waals surface area (Å²) in [5.41, 5.74) is 4.85. The lowest BCUT2D eigenvalue weighted by Crippen LogP contribution is -2.17. The molecule has 0 spiro atoms. The number of hydrogen-bond donors (Lipinski definition) is 2. The first-order valence-corrected chi connectivity index (χ1v) is 10.1. The van der Waals surface area contributed by atoms with Gasteiger partial charge in [-0.3, -0.25) is 9.36 Å². The number of H-pyrrole nitrogens is 1. The molecule has 6 heteroatoms. The van der Waals surface area contributed by atoms with Gasteiger partial charge in [0.15, 0.2) is 5.82 Å². The molecule has 3 aromatic rings. The standard InChI is InChI=1S/C25H21N3O3/c29-16-18-8-10-19(11-9-18)23-15-28-24(21(26-23)13-17-5-2-1-3-6-17)27-22(25(28)30)14-20-7-4-12-31-20/h1-12,15,26,29H,13-14,16H2. The van der Waals surface area contributed by atoms with Crippen LogP contribution in [-0.2, 0) is 19.4 Å². The largest absolute Gasteiger partial charge is 0.469 e. The predicted octanol–water partition coefficient (Wildman–Crippen LogP) is 3.93. The molecular weight excluding hydrogens is 390 g/mol. The fourth-order valence-electron chi connectivity index (χ4n) is 3.73. The van der Waals surface area contributed by atoms with E-state index in [4.69, 9.17) is 4.42 Å². The van der Waals surface area contributed by atoms with E-state index in [1.54, 1.807) is 23.1 Å². The van der Waals surface area contributed by atoms with Crippen molar-refractivity contribution in [3.8, 4) is 17.1 Å². The molecule has 0 aliphatic carbocycles. The van der Waals surface area contributed by atoms with E-state index >= 15 is 0 Å². The highest BCUT2D eigenvalue weighted by atomic mass is 16.3. The molecule has 0 unspecified atom stereocenters. The van der Waals surface area contributed by atoms with E-state index in [1.165, 1.54) is 0 Å². The molecule has 3 heterocycles. The number of aromatic amines is 1. The monoisotopic (exact) mass is 411 g/mol. The summed E-state index contributed by atoms with van der Waals surface area (Å²) >= 11 is 0. The van der Waals surface area contributed by atoms with Crippen LogP contribution in [0.15, 0.2) is 88.4 Å². The van der Waals surface area contributed by atoms with Gasteiger partial charge in [-0.1, -0.05) is 54.6 Å². The summed E-state index contributed by atoms with van der Waals surface area (Å²) in [7, 11) is 0. The van der Waals surface area contributed by atoms with Crippen LogP contribution in [0.2, 0.25) is 0 Å². The average Bonchev–Trinajstić information content (AvgIpc) is 3.43. The van der Waals surface area contributed by atoms with Crippen molar-refractivity contribution in [2.45, 2.75) is 19.4 Å². The Labute approximate surface area is 178 Å². The quantitative estimate of drug-likeness (QED) is 0.443. The van der Waals surface area contributed by atoms with Gasteiger partial charge in [-0.2, -0.15) is 0 Å². The molecule has 2 aliphatic heterocycles. The molecule has 154 valence electrons. The SMILES string of the molecule is O=c1c(Cc2ccco2)nc2c(Cc3ccccc3)[nH]c(-c3ccc(CO)cc3)cn1-2. The van der Waals surface area contributed by atoms with Crippen molar-refractivity contribution >= 4 is 0 Å². The van der Waals surface area contributed by atoms with Crippen LogP contribution < -0.4 is 5.56 Å². The number of aliphatic hydroxyl groups excluding tert-OH is 1. The number of nitrogens with one attached hydrogen (secondary N) is 1. The predicted molar refractivity (Wildman–Crippen MR) is 117 cm³/mol. The maximum atomic E-state index is 13.2. The van der Waals surface area contributed by atoms with Gasteiger partial charge in [-0.05, 0) is 28.8 Å². The molecule has 1 aromatic heterocycles. The lowest BCUT2D eigenvalue weighted by atomic mass is 10.1. The van der Waals surface area contributed by atoms with Gasteiger partial charge in [0.1, 0.15) is 11.5 Å². The molecule has 2 aliphatic rings. The molecular formula is C25H21N3O3. The summed E-state index contributed by atoms with van der Waals surface area (Å²) < 4.78 is 7.03. The Kier molecular flexibility index (Phi) is 4.98. The molecule has 0 bridgehead atoms. The molecule has 0 saturated heterocycles. The Morgan fingerprint density at radius 1 is 0.935 bits per heavy atom. The lowest BCUT2D eigenvalue weighted by molar-refractivity contribution is 0.282. The third-order valence-electron chi connectivity index (χ3n) is 5.34. The summed E-state index contributed by atoms with van der Waals surface area (Å²) in [6.45, 7) is -0.00927. The Balaban J connectivity index is 1.64. The molecule has 2 aromatic carbocycles. The van der Waals surface area contributed by atoms with Crippen LogP contribution in [0.3, 0.4) is 0 Å². The van der Waals surface area contributed by atoms with Crippen molar-refractivity contribution in [1.82, 2.24) is 14.5 Å². The molecule has 0 atom stereocenters. The third-order valence-corrected chi connectivity index (χ3v) is 5.34. The number of furan rings is 1. The van der Waals surface area contributed by atoms with Crippen LogP contribution >= 0.6 is 0 Å². The van der Waals surface area contributed by atoms with E-state index in [1.807, 2.05) is 48.5 Å². The van der Waals surface area contributed by atoms with Gasteiger partial charge in [-0.15, -0.1) is 0 Å². The first-order chi connectivity index (χ1) is 15.2. The number of aliphatic hydroxyl groups is 1. The Bertz CT molecular complexity index is 1320. The number of imidazole rings is 1. The Morgan fingerprint density at radius 2 is 1.74 bits per heavy atom. The van der Waals surface area contributed by atoms with Crippen LogP contribution in [0.25, 0.3) is 17.1 Å². The molecule has 0 fully saturated rings. The number of rotatable bonds is 6. The second-order valence-electron chi connectivity index (χ2n) is 7.48. The van der Waals surface area contributed by atoms with Crippen molar-refractivity contribution in [2.75, 3.05) is 0 Å². The minimum absolute atomic E-state index is 0.00927. The second kappa shape index (κ2) is 8.08. The van der Waals surface area contributed by atoms with Crippen LogP contribution in [-0.4, -0.2) is 19.6 Å². The van der Waals surface area contributed by atoms with Crippen molar-refractivity contribution in [2.24, 2.45) is 0 Å². The topological polar surface area (TPSA) is 84.1 Å². The van der Waals surface area contributed by atoms with Crippen molar-refractivity contribution < 1.29 is 9.52 Å². The normalized spacial score (nSPS) is 11.3. The number of hydrogen-bond acceptors (Lipinski definition) is 4. The number of aromatic nitrogens is 3. The van der Waals surface area contributed by atoms with Crippen LogP contribution in [0.5, 0.6) is 0 Å². The first kappa shape index (κ1) is 19.1. The highest BCUT2D eigenvalue weighted by molar-refractivity contribution is 5.60. The van der Waals surface area contributed by atoms with Gasteiger partial charge in [0.05, 0.1) is 30.7 Å². The molecule has 0 saturated carbocycles. The summed E-state index contributed by atoms with van der Waals surface area (Å²) in [4.78, 5) is 21.3. The fraction of sp³-hybridized carbons (Fsp3) is 0.120. The highest BCUT2D eigenvalue weighted by Crippen LogP contribution is 2.24. The Hall–Kier alpha value is -3.90. The van der Waals surface area contributed by atoms with Gasteiger partial charge in [0, 0.05) is 12.6 Å². The fourth-order valence-corrected chi connectivity index (χ4v) is 3.73. The van der Waals surface area contributed by atoms with Gasteiger partial charge < -0.3 is 14.5 Å². The van der Waals surface area contributed by atoms with E-state index in [0.29, 0.717) is 30.1 Å². The second-order valence-corrected chi connectivity index (χ2v) is 7.48. The van der Waals surface area contributed by atoms with Crippen molar-refractivity contribution in [1.29, 1.82) is 0 Å². The zero-order valence-electron chi connectivity index (χ0n) is 16.8. The summed E-state index contributed by atoms with van der Waals surface area (Å²) in [6, 6.07) is 21.3. The van der Waals surface area contributed by atoms with Gasteiger partial charge in [0.2, 0.25) is 0 Å². The number of benzene rings is 2. The molecule has 0 radical (unpaired) electrons. The summed E-state index contributed by atoms with van der Waals surface area (Å²) in [5, 5.41) is 9.32. The van der Waals surface area contributed by atoms with Gasteiger partial charge >= 0.3 is 0 Å². The molecule has 31 heavy (non-hydrogen) atoms. The zero-order chi connectivity index (χ0) is 21.2. The van der Waals surface area contributed by atoms with Crippen LogP contribution in [0, 0.1) is 0 Å². The average molecular weight is 411 g/mol. The van der Waals surface area contributed by atoms with E-state index < -0.39 is 0 Å². The third kappa shape index (κ3) is 3.81. The summed E-state index contributed by atoms with van der Waals surface area (Å²) in [6.07, 6.45) is 4.35. The van der Waals surface area contributed by atoms with Crippen LogP contribution in [0.1, 0.15) is 28.3 Å². The van der Waals surface area contributed by atoms with E-state index in [2.05, 4.69) is 22.1 Å². The molecule has 0 amide bonds. The summed E-state index contributed by atoms with van der Waals surface area (Å²) in [5.74, 6) is 1.32. The lowest BCUT2D eigenvalue weighted by Gasteiger charge is -2.13. The van der Waals surface area contributed by atoms with Gasteiger partial charge in [-0.25, -0.2) is 4.98 Å². The van der Waals surface area contributed by atoms with Crippen LogP contribution in [0.4, 0.5) is 0 Å². The van der Waals surface area contributed by atoms with Crippen molar-refractivity contribution in [3.05, 3.63) is 118 Å². The van der Waals surface area contributed by atoms with Crippen molar-refractivity contribution in [3.63, 3.8) is 0 Å². The van der Waals surface area contributed by atoms with E-state index in [9.17, 15) is 9.90 Å². The molecule has 5 rings (SSSR count). The maximum absolute atomic E-state index is 13.2. The first-order valence-electron chi connectivity index (χ1n) is 10.1.